The molecule has 0 saturated heterocycles. The van der Waals surface area contributed by atoms with E-state index in [2.05, 4.69) is 28.7 Å². The molecule has 0 aromatic carbocycles. The number of hydrogen-bond acceptors (Lipinski definition) is 3. The molecular formula is C13H21N3OS. The monoisotopic (exact) mass is 267 g/mol. The molecule has 0 aliphatic carbocycles. The van der Waals surface area contributed by atoms with Gasteiger partial charge in [-0.25, -0.2) is 20.0 Å². The van der Waals surface area contributed by atoms with Crippen LogP contribution in [0.25, 0.3) is 11.0 Å². The highest BCUT2D eigenvalue weighted by molar-refractivity contribution is 8.32. The summed E-state index contributed by atoms with van der Waals surface area (Å²) in [7, 11) is -0.474. The quantitative estimate of drug-likeness (QED) is 0.781. The molecule has 0 amide bonds. The Balaban J connectivity index is 1.98. The fourth-order valence-electron chi connectivity index (χ4n) is 1.71. The number of aromatic nitrogens is 3. The Morgan fingerprint density at radius 3 is 2.78 bits per heavy atom. The van der Waals surface area contributed by atoms with E-state index in [1.807, 2.05) is 23.8 Å². The average molecular weight is 267 g/mol. The van der Waals surface area contributed by atoms with E-state index in [0.717, 1.165) is 29.1 Å². The molecular weight excluding hydrogens is 246 g/mol. The summed E-state index contributed by atoms with van der Waals surface area (Å²) in [4.78, 5) is 8.49. The van der Waals surface area contributed by atoms with Gasteiger partial charge in [-0.3, -0.25) is 0 Å². The molecule has 0 aliphatic heterocycles. The maximum atomic E-state index is 5.73. The Morgan fingerprint density at radius 1 is 1.28 bits per heavy atom. The highest BCUT2D eigenvalue weighted by Crippen LogP contribution is 2.33. The third-order valence-corrected chi connectivity index (χ3v) is 4.22. The van der Waals surface area contributed by atoms with Crippen LogP contribution in [-0.2, 0) is 11.5 Å². The molecule has 4 nitrogen and oxygen atoms in total. The summed E-state index contributed by atoms with van der Waals surface area (Å²) in [6.45, 7) is 3.37. The molecule has 0 spiro atoms. The maximum Gasteiger partial charge on any atom is 0.145 e. The average Bonchev–Trinajstić information content (AvgIpc) is 2.68. The molecule has 2 rings (SSSR count). The SMILES string of the molecule is Cc1ncnc2c1ccn2COCCS(C)(C)C. The van der Waals surface area contributed by atoms with Gasteiger partial charge in [0.15, 0.2) is 0 Å². The second kappa shape index (κ2) is 5.28. The van der Waals surface area contributed by atoms with Crippen molar-refractivity contribution in [1.29, 1.82) is 0 Å². The van der Waals surface area contributed by atoms with Crippen molar-refractivity contribution >= 4 is 21.1 Å². The fourth-order valence-corrected chi connectivity index (χ4v) is 2.32. The van der Waals surface area contributed by atoms with E-state index in [0.29, 0.717) is 6.73 Å². The summed E-state index contributed by atoms with van der Waals surface area (Å²) >= 11 is 0. The van der Waals surface area contributed by atoms with Crippen LogP contribution in [0, 0.1) is 6.92 Å². The summed E-state index contributed by atoms with van der Waals surface area (Å²) in [5.41, 5.74) is 1.96. The number of aryl methyl sites for hydroxylation is 1. The number of nitrogens with zero attached hydrogens (tertiary/aromatic N) is 3. The minimum atomic E-state index is -0.474. The Morgan fingerprint density at radius 2 is 2.06 bits per heavy atom. The van der Waals surface area contributed by atoms with Crippen molar-refractivity contribution in [2.24, 2.45) is 0 Å². The predicted octanol–water partition coefficient (Wildman–Crippen LogP) is 2.41. The zero-order valence-corrected chi connectivity index (χ0v) is 12.3. The van der Waals surface area contributed by atoms with Gasteiger partial charge >= 0.3 is 0 Å². The van der Waals surface area contributed by atoms with Crippen LogP contribution in [-0.4, -0.2) is 45.7 Å². The summed E-state index contributed by atoms with van der Waals surface area (Å²) in [5, 5.41) is 1.10. The van der Waals surface area contributed by atoms with E-state index in [9.17, 15) is 0 Å². The number of fused-ring (bicyclic) bond motifs is 1. The molecule has 0 radical (unpaired) electrons. The summed E-state index contributed by atoms with van der Waals surface area (Å²) in [6, 6.07) is 2.04. The van der Waals surface area contributed by atoms with Crippen molar-refractivity contribution in [2.45, 2.75) is 13.7 Å². The Hall–Kier alpha value is -1.07. The molecule has 0 N–H and O–H groups in total. The third-order valence-electron chi connectivity index (χ3n) is 2.83. The number of hydrogen-bond donors (Lipinski definition) is 0. The van der Waals surface area contributed by atoms with E-state index in [-0.39, 0.29) is 0 Å². The van der Waals surface area contributed by atoms with E-state index in [1.165, 1.54) is 0 Å². The van der Waals surface area contributed by atoms with Gasteiger partial charge in [0.2, 0.25) is 0 Å². The summed E-state index contributed by atoms with van der Waals surface area (Å²) in [5.74, 6) is 1.14. The zero-order valence-electron chi connectivity index (χ0n) is 11.5. The highest BCUT2D eigenvalue weighted by Gasteiger charge is 2.06. The lowest BCUT2D eigenvalue weighted by atomic mass is 10.3. The first-order chi connectivity index (χ1) is 8.47. The molecule has 100 valence electrons. The van der Waals surface area contributed by atoms with Gasteiger partial charge in [0.1, 0.15) is 18.7 Å². The molecule has 0 unspecified atom stereocenters. The van der Waals surface area contributed by atoms with Crippen LogP contribution in [0.2, 0.25) is 0 Å². The molecule has 2 heterocycles. The van der Waals surface area contributed by atoms with Crippen molar-refractivity contribution in [3.63, 3.8) is 0 Å². The Kier molecular flexibility index (Phi) is 3.92. The van der Waals surface area contributed by atoms with Crippen molar-refractivity contribution in [3.05, 3.63) is 24.3 Å². The lowest BCUT2D eigenvalue weighted by Gasteiger charge is -2.24. The number of rotatable bonds is 5. The van der Waals surface area contributed by atoms with Gasteiger partial charge in [-0.2, -0.15) is 0 Å². The zero-order chi connectivity index (χ0) is 13.2. The van der Waals surface area contributed by atoms with Gasteiger partial charge < -0.3 is 9.30 Å². The third kappa shape index (κ3) is 3.23. The highest BCUT2D eigenvalue weighted by atomic mass is 32.3. The molecule has 0 fully saturated rings. The molecule has 5 heteroatoms. The van der Waals surface area contributed by atoms with E-state index in [1.54, 1.807) is 6.33 Å². The van der Waals surface area contributed by atoms with Crippen LogP contribution < -0.4 is 0 Å². The number of ether oxygens (including phenoxy) is 1. The van der Waals surface area contributed by atoms with Crippen LogP contribution >= 0.6 is 10.0 Å². The van der Waals surface area contributed by atoms with Crippen LogP contribution in [0.15, 0.2) is 18.6 Å². The van der Waals surface area contributed by atoms with Crippen LogP contribution in [0.5, 0.6) is 0 Å². The predicted molar refractivity (Wildman–Crippen MR) is 78.4 cm³/mol. The standard InChI is InChI=1S/C13H21N3OS/c1-11-12-5-6-16(13(12)15-9-14-11)10-17-7-8-18(2,3)4/h5-6,9H,7-8,10H2,1-4H3. The largest absolute Gasteiger partial charge is 0.360 e. The normalized spacial score (nSPS) is 13.1. The molecule has 2 aromatic rings. The van der Waals surface area contributed by atoms with Gasteiger partial charge in [0.05, 0.1) is 12.3 Å². The Bertz CT molecular complexity index is 531. The molecule has 0 saturated carbocycles. The van der Waals surface area contributed by atoms with E-state index < -0.39 is 10.0 Å². The van der Waals surface area contributed by atoms with E-state index >= 15 is 0 Å². The van der Waals surface area contributed by atoms with Crippen LogP contribution in [0.1, 0.15) is 5.69 Å². The van der Waals surface area contributed by atoms with Crippen molar-refractivity contribution < 1.29 is 4.74 Å². The summed E-state index contributed by atoms with van der Waals surface area (Å²) in [6.07, 6.45) is 10.5. The molecule has 0 atom stereocenters. The lowest BCUT2D eigenvalue weighted by molar-refractivity contribution is 0.0923. The molecule has 18 heavy (non-hydrogen) atoms. The fraction of sp³-hybridized carbons (Fsp3) is 0.538. The lowest BCUT2D eigenvalue weighted by Crippen LogP contribution is -2.09. The van der Waals surface area contributed by atoms with Crippen molar-refractivity contribution in [2.75, 3.05) is 31.1 Å². The molecule has 0 aliphatic rings. The minimum absolute atomic E-state index is 0.474. The van der Waals surface area contributed by atoms with Crippen LogP contribution in [0.4, 0.5) is 0 Å². The van der Waals surface area contributed by atoms with Gasteiger partial charge in [0.25, 0.3) is 0 Å². The smallest absolute Gasteiger partial charge is 0.145 e. The molecule has 0 bridgehead atoms. The maximum absolute atomic E-state index is 5.73. The topological polar surface area (TPSA) is 39.9 Å². The van der Waals surface area contributed by atoms with Crippen molar-refractivity contribution in [3.8, 4) is 0 Å². The first-order valence-corrected chi connectivity index (χ1v) is 9.00. The van der Waals surface area contributed by atoms with Crippen LogP contribution in [0.3, 0.4) is 0 Å². The first kappa shape index (κ1) is 13.4. The second-order valence-electron chi connectivity index (χ2n) is 5.31. The molecule has 2 aromatic heterocycles. The van der Waals surface area contributed by atoms with Gasteiger partial charge in [0, 0.05) is 17.3 Å². The van der Waals surface area contributed by atoms with Gasteiger partial charge in [-0.15, -0.1) is 0 Å². The first-order valence-electron chi connectivity index (χ1n) is 5.97. The minimum Gasteiger partial charge on any atom is -0.360 e. The second-order valence-corrected chi connectivity index (χ2v) is 9.90. The van der Waals surface area contributed by atoms with E-state index in [4.69, 9.17) is 4.74 Å². The van der Waals surface area contributed by atoms with Gasteiger partial charge in [-0.1, -0.05) is 0 Å². The van der Waals surface area contributed by atoms with Gasteiger partial charge in [-0.05, 0) is 31.8 Å². The summed E-state index contributed by atoms with van der Waals surface area (Å²) < 4.78 is 7.76. The Labute approximate surface area is 110 Å². The van der Waals surface area contributed by atoms with Crippen molar-refractivity contribution in [1.82, 2.24) is 14.5 Å².